The molecule has 1 aromatic heterocycles. The lowest BCUT2D eigenvalue weighted by Crippen LogP contribution is -2.09. The standard InChI is InChI=1S/C37H26N2S/c1-3-16-30(17-4-1)39(31-18-5-2-6-19-31)32-20-12-14-28(26-32)34-22-8-7-21-33(34)27-13-11-15-29(25-27)37-38-35-23-9-10-24-36(35)40-37/h1-26H. The first kappa shape index (κ1) is 24.1. The molecular formula is C37H26N2S. The predicted octanol–water partition coefficient (Wildman–Crippen LogP) is 10.8. The Kier molecular flexibility index (Phi) is 6.41. The van der Waals surface area contributed by atoms with Crippen LogP contribution in [0, 0.1) is 0 Å². The summed E-state index contributed by atoms with van der Waals surface area (Å²) in [6, 6.07) is 55.6. The smallest absolute Gasteiger partial charge is 0.124 e. The van der Waals surface area contributed by atoms with Gasteiger partial charge in [-0.3, -0.25) is 0 Å². The van der Waals surface area contributed by atoms with Gasteiger partial charge < -0.3 is 4.90 Å². The van der Waals surface area contributed by atoms with Crippen LogP contribution in [0.2, 0.25) is 0 Å². The van der Waals surface area contributed by atoms with Crippen LogP contribution in [-0.2, 0) is 0 Å². The van der Waals surface area contributed by atoms with E-state index < -0.39 is 0 Å². The van der Waals surface area contributed by atoms with E-state index in [1.807, 2.05) is 6.07 Å². The summed E-state index contributed by atoms with van der Waals surface area (Å²) in [6.07, 6.45) is 0. The van der Waals surface area contributed by atoms with E-state index >= 15 is 0 Å². The van der Waals surface area contributed by atoms with Crippen LogP contribution in [0.15, 0.2) is 158 Å². The van der Waals surface area contributed by atoms with Crippen molar-refractivity contribution in [3.63, 3.8) is 0 Å². The Labute approximate surface area is 238 Å². The van der Waals surface area contributed by atoms with Crippen molar-refractivity contribution in [2.24, 2.45) is 0 Å². The quantitative estimate of drug-likeness (QED) is 0.213. The van der Waals surface area contributed by atoms with Gasteiger partial charge in [0.1, 0.15) is 5.01 Å². The number of anilines is 3. The molecule has 0 amide bonds. The zero-order chi connectivity index (χ0) is 26.7. The van der Waals surface area contributed by atoms with E-state index in [1.165, 1.54) is 27.0 Å². The molecule has 0 aliphatic heterocycles. The fourth-order valence-corrected chi connectivity index (χ4v) is 6.18. The van der Waals surface area contributed by atoms with Crippen molar-refractivity contribution in [2.45, 2.75) is 0 Å². The van der Waals surface area contributed by atoms with Gasteiger partial charge in [-0.25, -0.2) is 4.98 Å². The monoisotopic (exact) mass is 530 g/mol. The molecule has 0 atom stereocenters. The Balaban J connectivity index is 1.31. The third-order valence-corrected chi connectivity index (χ3v) is 8.17. The molecule has 3 heteroatoms. The van der Waals surface area contributed by atoms with Crippen molar-refractivity contribution in [3.8, 4) is 32.8 Å². The largest absolute Gasteiger partial charge is 0.310 e. The highest BCUT2D eigenvalue weighted by molar-refractivity contribution is 7.21. The first-order valence-electron chi connectivity index (χ1n) is 13.4. The summed E-state index contributed by atoms with van der Waals surface area (Å²) in [5.41, 5.74) is 10.3. The highest BCUT2D eigenvalue weighted by Crippen LogP contribution is 2.39. The zero-order valence-electron chi connectivity index (χ0n) is 21.8. The molecule has 0 unspecified atom stereocenters. The minimum atomic E-state index is 1.05. The summed E-state index contributed by atoms with van der Waals surface area (Å²) in [6.45, 7) is 0. The van der Waals surface area contributed by atoms with Gasteiger partial charge in [-0.15, -0.1) is 11.3 Å². The number of hydrogen-bond acceptors (Lipinski definition) is 3. The van der Waals surface area contributed by atoms with E-state index in [0.717, 1.165) is 33.1 Å². The van der Waals surface area contributed by atoms with E-state index in [-0.39, 0.29) is 0 Å². The van der Waals surface area contributed by atoms with Gasteiger partial charge in [0, 0.05) is 22.6 Å². The van der Waals surface area contributed by atoms with Crippen molar-refractivity contribution in [2.75, 3.05) is 4.90 Å². The van der Waals surface area contributed by atoms with Crippen LogP contribution in [0.3, 0.4) is 0 Å². The van der Waals surface area contributed by atoms with Crippen LogP contribution < -0.4 is 4.90 Å². The average Bonchev–Trinajstić information content (AvgIpc) is 3.47. The van der Waals surface area contributed by atoms with Crippen molar-refractivity contribution in [3.05, 3.63) is 158 Å². The number of thiazole rings is 1. The van der Waals surface area contributed by atoms with E-state index in [4.69, 9.17) is 4.98 Å². The molecule has 6 aromatic carbocycles. The number of hydrogen-bond donors (Lipinski definition) is 0. The number of nitrogens with zero attached hydrogens (tertiary/aromatic N) is 2. The van der Waals surface area contributed by atoms with Crippen molar-refractivity contribution in [1.29, 1.82) is 0 Å². The summed E-state index contributed by atoms with van der Waals surface area (Å²) in [5.74, 6) is 0. The van der Waals surface area contributed by atoms with Gasteiger partial charge in [0.2, 0.25) is 0 Å². The Morgan fingerprint density at radius 2 is 0.950 bits per heavy atom. The van der Waals surface area contributed by atoms with Crippen LogP contribution in [0.1, 0.15) is 0 Å². The highest BCUT2D eigenvalue weighted by atomic mass is 32.1. The van der Waals surface area contributed by atoms with E-state index in [0.29, 0.717) is 0 Å². The SMILES string of the molecule is c1ccc(N(c2ccccc2)c2cccc(-c3ccccc3-c3cccc(-c4nc5ccccc5s4)c3)c2)cc1. The Morgan fingerprint density at radius 1 is 0.425 bits per heavy atom. The first-order chi connectivity index (χ1) is 19.8. The average molecular weight is 531 g/mol. The molecule has 7 rings (SSSR count). The number of rotatable bonds is 6. The van der Waals surface area contributed by atoms with E-state index in [2.05, 4.69) is 157 Å². The van der Waals surface area contributed by atoms with Gasteiger partial charge in [-0.05, 0) is 76.9 Å². The number of para-hydroxylation sites is 3. The van der Waals surface area contributed by atoms with Crippen molar-refractivity contribution >= 4 is 38.6 Å². The normalized spacial score (nSPS) is 11.0. The fraction of sp³-hybridized carbons (Fsp3) is 0. The summed E-state index contributed by atoms with van der Waals surface area (Å²) in [4.78, 5) is 7.21. The molecule has 190 valence electrons. The number of benzene rings is 6. The van der Waals surface area contributed by atoms with Crippen molar-refractivity contribution in [1.82, 2.24) is 4.98 Å². The van der Waals surface area contributed by atoms with Crippen molar-refractivity contribution < 1.29 is 0 Å². The van der Waals surface area contributed by atoms with E-state index in [9.17, 15) is 0 Å². The molecule has 0 aliphatic carbocycles. The molecule has 0 saturated carbocycles. The fourth-order valence-electron chi connectivity index (χ4n) is 5.22. The summed E-state index contributed by atoms with van der Waals surface area (Å²) in [5, 5.41) is 1.05. The van der Waals surface area contributed by atoms with Gasteiger partial charge in [0.05, 0.1) is 10.2 Å². The zero-order valence-corrected chi connectivity index (χ0v) is 22.6. The molecule has 0 spiro atoms. The van der Waals surface area contributed by atoms with Gasteiger partial charge >= 0.3 is 0 Å². The molecule has 0 aliphatic rings. The molecule has 40 heavy (non-hydrogen) atoms. The van der Waals surface area contributed by atoms with Gasteiger partial charge in [0.15, 0.2) is 0 Å². The minimum Gasteiger partial charge on any atom is -0.310 e. The second-order valence-corrected chi connectivity index (χ2v) is 10.7. The second kappa shape index (κ2) is 10.6. The molecule has 0 radical (unpaired) electrons. The van der Waals surface area contributed by atoms with Crippen LogP contribution in [0.5, 0.6) is 0 Å². The Morgan fingerprint density at radius 3 is 1.62 bits per heavy atom. The second-order valence-electron chi connectivity index (χ2n) is 9.67. The van der Waals surface area contributed by atoms with Crippen LogP contribution in [0.4, 0.5) is 17.1 Å². The van der Waals surface area contributed by atoms with Gasteiger partial charge in [-0.2, -0.15) is 0 Å². The third-order valence-electron chi connectivity index (χ3n) is 7.09. The lowest BCUT2D eigenvalue weighted by atomic mass is 9.93. The summed E-state index contributed by atoms with van der Waals surface area (Å²) >= 11 is 1.74. The lowest BCUT2D eigenvalue weighted by molar-refractivity contribution is 1.28. The van der Waals surface area contributed by atoms with E-state index in [1.54, 1.807) is 11.3 Å². The van der Waals surface area contributed by atoms with Gasteiger partial charge in [0.25, 0.3) is 0 Å². The van der Waals surface area contributed by atoms with Crippen LogP contribution >= 0.6 is 11.3 Å². The molecule has 0 fully saturated rings. The molecule has 7 aromatic rings. The molecule has 0 saturated heterocycles. The minimum absolute atomic E-state index is 1.05. The predicted molar refractivity (Wildman–Crippen MR) is 171 cm³/mol. The maximum absolute atomic E-state index is 4.90. The van der Waals surface area contributed by atoms with Crippen LogP contribution in [0.25, 0.3) is 43.0 Å². The number of aromatic nitrogens is 1. The molecule has 2 nitrogen and oxygen atoms in total. The molecular weight excluding hydrogens is 504 g/mol. The Bertz CT molecular complexity index is 1840. The maximum Gasteiger partial charge on any atom is 0.124 e. The van der Waals surface area contributed by atoms with Crippen LogP contribution in [-0.4, -0.2) is 4.98 Å². The summed E-state index contributed by atoms with van der Waals surface area (Å²) in [7, 11) is 0. The molecule has 1 heterocycles. The molecule has 0 bridgehead atoms. The maximum atomic E-state index is 4.90. The lowest BCUT2D eigenvalue weighted by Gasteiger charge is -2.26. The Hall–Kier alpha value is -4.99. The van der Waals surface area contributed by atoms with Gasteiger partial charge in [-0.1, -0.05) is 103 Å². The third kappa shape index (κ3) is 4.68. The molecule has 0 N–H and O–H groups in total. The number of fused-ring (bicyclic) bond motifs is 1. The highest BCUT2D eigenvalue weighted by Gasteiger charge is 2.15. The first-order valence-corrected chi connectivity index (χ1v) is 14.2. The topological polar surface area (TPSA) is 16.1 Å². The summed E-state index contributed by atoms with van der Waals surface area (Å²) < 4.78 is 1.21.